The van der Waals surface area contributed by atoms with E-state index < -0.39 is 12.3 Å². The molecule has 0 bridgehead atoms. The number of ether oxygens (including phenoxy) is 2. The molecule has 1 atom stereocenters. The van der Waals surface area contributed by atoms with Gasteiger partial charge in [0, 0.05) is 18.0 Å². The number of ketones is 1. The first-order valence-corrected chi connectivity index (χ1v) is 10.7. The maximum Gasteiger partial charge on any atom is 0.509 e. The Labute approximate surface area is 187 Å². The summed E-state index contributed by atoms with van der Waals surface area (Å²) in [5.74, 6) is -0.442. The van der Waals surface area contributed by atoms with Crippen LogP contribution >= 0.6 is 0 Å². The summed E-state index contributed by atoms with van der Waals surface area (Å²) >= 11 is 0. The van der Waals surface area contributed by atoms with E-state index in [1.54, 1.807) is 38.1 Å². The number of carbonyl (C=O) groups excluding carboxylic acids is 2. The van der Waals surface area contributed by atoms with Gasteiger partial charge in [0.25, 0.3) is 0 Å². The fourth-order valence-corrected chi connectivity index (χ4v) is 3.78. The zero-order valence-corrected chi connectivity index (χ0v) is 18.3. The van der Waals surface area contributed by atoms with Crippen molar-refractivity contribution in [3.05, 3.63) is 71.0 Å². The highest BCUT2D eigenvalue weighted by molar-refractivity contribution is 5.97. The SMILES string of the molecule is CC(C)OC(=O)OC(CN1CCC(C(=O)c2ccc(F)cc2)CC1)c1ccc(C#N)cc1. The third-order valence-electron chi connectivity index (χ3n) is 5.49. The maximum atomic E-state index is 13.1. The molecule has 0 aromatic heterocycles. The molecule has 1 unspecified atom stereocenters. The molecule has 2 aromatic carbocycles. The van der Waals surface area contributed by atoms with E-state index in [1.165, 1.54) is 24.3 Å². The number of rotatable bonds is 7. The van der Waals surface area contributed by atoms with Crippen molar-refractivity contribution in [2.24, 2.45) is 5.92 Å². The molecule has 1 fully saturated rings. The lowest BCUT2D eigenvalue weighted by Gasteiger charge is -2.33. The normalized spacial score (nSPS) is 15.7. The second-order valence-electron chi connectivity index (χ2n) is 8.20. The second-order valence-corrected chi connectivity index (χ2v) is 8.20. The van der Waals surface area contributed by atoms with Gasteiger partial charge >= 0.3 is 6.16 Å². The summed E-state index contributed by atoms with van der Waals surface area (Å²) in [5, 5.41) is 9.03. The summed E-state index contributed by atoms with van der Waals surface area (Å²) in [6, 6.07) is 14.7. The van der Waals surface area contributed by atoms with Gasteiger partial charge in [0.05, 0.1) is 17.7 Å². The highest BCUT2D eigenvalue weighted by Crippen LogP contribution is 2.26. The molecule has 0 amide bonds. The van der Waals surface area contributed by atoms with Gasteiger partial charge in [0.15, 0.2) is 5.78 Å². The largest absolute Gasteiger partial charge is 0.509 e. The molecule has 1 aliphatic heterocycles. The smallest absolute Gasteiger partial charge is 0.432 e. The van der Waals surface area contributed by atoms with Crippen LogP contribution in [0.3, 0.4) is 0 Å². The Kier molecular flexibility index (Phi) is 7.96. The van der Waals surface area contributed by atoms with Crippen LogP contribution < -0.4 is 0 Å². The molecule has 168 valence electrons. The predicted octanol–water partition coefficient (Wildman–Crippen LogP) is 4.89. The molecule has 7 heteroatoms. The van der Waals surface area contributed by atoms with Crippen molar-refractivity contribution in [1.82, 2.24) is 4.90 Å². The topological polar surface area (TPSA) is 79.6 Å². The Morgan fingerprint density at radius 3 is 2.25 bits per heavy atom. The number of nitrogens with zero attached hydrogens (tertiary/aromatic N) is 2. The Morgan fingerprint density at radius 1 is 1.06 bits per heavy atom. The minimum absolute atomic E-state index is 0.0325. The summed E-state index contributed by atoms with van der Waals surface area (Å²) < 4.78 is 23.9. The molecule has 0 spiro atoms. The van der Waals surface area contributed by atoms with Crippen LogP contribution in [-0.2, 0) is 9.47 Å². The van der Waals surface area contributed by atoms with Gasteiger partial charge in [0.2, 0.25) is 0 Å². The molecule has 3 rings (SSSR count). The van der Waals surface area contributed by atoms with E-state index in [4.69, 9.17) is 14.7 Å². The average Bonchev–Trinajstić information content (AvgIpc) is 2.79. The molecule has 2 aromatic rings. The fourth-order valence-electron chi connectivity index (χ4n) is 3.78. The van der Waals surface area contributed by atoms with E-state index in [-0.39, 0.29) is 23.6 Å². The summed E-state index contributed by atoms with van der Waals surface area (Å²) in [6.07, 6.45) is -0.245. The van der Waals surface area contributed by atoms with Gasteiger partial charge in [-0.3, -0.25) is 9.69 Å². The van der Waals surface area contributed by atoms with E-state index in [1.807, 2.05) is 0 Å². The third kappa shape index (κ3) is 6.38. The van der Waals surface area contributed by atoms with E-state index in [2.05, 4.69) is 11.0 Å². The molecule has 1 heterocycles. The number of hydrogen-bond acceptors (Lipinski definition) is 6. The maximum absolute atomic E-state index is 13.1. The monoisotopic (exact) mass is 438 g/mol. The minimum Gasteiger partial charge on any atom is -0.432 e. The minimum atomic E-state index is -0.740. The van der Waals surface area contributed by atoms with Crippen LogP contribution in [0.25, 0.3) is 0 Å². The highest BCUT2D eigenvalue weighted by Gasteiger charge is 2.29. The molecular weight excluding hydrogens is 411 g/mol. The van der Waals surface area contributed by atoms with Crippen molar-refractivity contribution in [3.8, 4) is 6.07 Å². The summed E-state index contributed by atoms with van der Waals surface area (Å²) in [6.45, 7) is 5.30. The van der Waals surface area contributed by atoms with E-state index in [9.17, 15) is 14.0 Å². The van der Waals surface area contributed by atoms with E-state index in [0.29, 0.717) is 43.6 Å². The molecule has 0 aliphatic carbocycles. The van der Waals surface area contributed by atoms with Crippen molar-refractivity contribution in [2.45, 2.75) is 38.9 Å². The lowest BCUT2D eigenvalue weighted by Crippen LogP contribution is -2.39. The van der Waals surface area contributed by atoms with E-state index >= 15 is 0 Å². The number of likely N-dealkylation sites (tertiary alicyclic amines) is 1. The van der Waals surface area contributed by atoms with Crippen LogP contribution in [0, 0.1) is 23.1 Å². The Morgan fingerprint density at radius 2 is 1.69 bits per heavy atom. The highest BCUT2D eigenvalue weighted by atomic mass is 19.1. The second kappa shape index (κ2) is 10.9. The Bertz CT molecular complexity index is 959. The summed E-state index contributed by atoms with van der Waals surface area (Å²) in [7, 11) is 0. The zero-order valence-electron chi connectivity index (χ0n) is 18.3. The number of Topliss-reactive ketones (excluding diaryl/α,β-unsaturated/α-hetero) is 1. The summed E-state index contributed by atoms with van der Waals surface area (Å²) in [5.41, 5.74) is 1.83. The quantitative estimate of drug-likeness (QED) is 0.452. The number of halogens is 1. The first kappa shape index (κ1) is 23.4. The van der Waals surface area contributed by atoms with Gasteiger partial charge in [-0.25, -0.2) is 9.18 Å². The first-order valence-electron chi connectivity index (χ1n) is 10.7. The molecule has 0 saturated carbocycles. The van der Waals surface area contributed by atoms with Gasteiger partial charge in [-0.1, -0.05) is 12.1 Å². The van der Waals surface area contributed by atoms with Gasteiger partial charge in [-0.05, 0) is 81.7 Å². The number of nitriles is 1. The van der Waals surface area contributed by atoms with Gasteiger partial charge in [-0.15, -0.1) is 0 Å². The van der Waals surface area contributed by atoms with Crippen molar-refractivity contribution >= 4 is 11.9 Å². The number of carbonyl (C=O) groups is 2. The Hall–Kier alpha value is -3.24. The first-order chi connectivity index (χ1) is 15.4. The molecular formula is C25H27FN2O4. The van der Waals surface area contributed by atoms with Crippen LogP contribution in [0.15, 0.2) is 48.5 Å². The molecule has 6 nitrogen and oxygen atoms in total. The summed E-state index contributed by atoms with van der Waals surface area (Å²) in [4.78, 5) is 27.0. The number of piperidine rings is 1. The van der Waals surface area contributed by atoms with Crippen molar-refractivity contribution < 1.29 is 23.5 Å². The molecule has 1 aliphatic rings. The molecule has 1 saturated heterocycles. The van der Waals surface area contributed by atoms with Crippen LogP contribution in [0.4, 0.5) is 9.18 Å². The van der Waals surface area contributed by atoms with Crippen LogP contribution in [0.5, 0.6) is 0 Å². The number of benzene rings is 2. The van der Waals surface area contributed by atoms with Gasteiger partial charge in [0.1, 0.15) is 11.9 Å². The predicted molar refractivity (Wildman–Crippen MR) is 116 cm³/mol. The Balaban J connectivity index is 1.63. The fraction of sp³-hybridized carbons (Fsp3) is 0.400. The van der Waals surface area contributed by atoms with Crippen LogP contribution in [0.1, 0.15) is 54.3 Å². The lowest BCUT2D eigenvalue weighted by atomic mass is 9.88. The van der Waals surface area contributed by atoms with Crippen molar-refractivity contribution in [2.75, 3.05) is 19.6 Å². The molecule has 0 N–H and O–H groups in total. The van der Waals surface area contributed by atoms with Crippen molar-refractivity contribution in [1.29, 1.82) is 5.26 Å². The van der Waals surface area contributed by atoms with Gasteiger partial charge in [-0.2, -0.15) is 5.26 Å². The zero-order chi connectivity index (χ0) is 23.1. The average molecular weight is 438 g/mol. The van der Waals surface area contributed by atoms with E-state index in [0.717, 1.165) is 5.56 Å². The van der Waals surface area contributed by atoms with Crippen LogP contribution in [-0.4, -0.2) is 42.6 Å². The lowest BCUT2D eigenvalue weighted by molar-refractivity contribution is -0.00711. The van der Waals surface area contributed by atoms with Crippen LogP contribution in [0.2, 0.25) is 0 Å². The molecule has 0 radical (unpaired) electrons. The van der Waals surface area contributed by atoms with Gasteiger partial charge < -0.3 is 9.47 Å². The van der Waals surface area contributed by atoms with Crippen molar-refractivity contribution in [3.63, 3.8) is 0 Å². The standard InChI is InChI=1S/C25H27FN2O4/c1-17(2)31-25(30)32-23(19-5-3-18(15-27)4-6-19)16-28-13-11-21(12-14-28)24(29)20-7-9-22(26)10-8-20/h3-10,17,21,23H,11-14,16H2,1-2H3. The third-order valence-corrected chi connectivity index (χ3v) is 5.49. The number of hydrogen-bond donors (Lipinski definition) is 0. The molecule has 32 heavy (non-hydrogen) atoms.